The van der Waals surface area contributed by atoms with Crippen LogP contribution < -0.4 is 9.46 Å². The highest BCUT2D eigenvalue weighted by molar-refractivity contribution is 7.89. The highest BCUT2D eigenvalue weighted by Gasteiger charge is 2.20. The summed E-state index contributed by atoms with van der Waals surface area (Å²) in [5.74, 6) is 0.230. The summed E-state index contributed by atoms with van der Waals surface area (Å²) in [6, 6.07) is 8.13. The molecule has 2 aromatic heterocycles. The van der Waals surface area contributed by atoms with Crippen molar-refractivity contribution in [2.45, 2.75) is 11.4 Å². The molecule has 3 aromatic rings. The molecule has 0 fully saturated rings. The van der Waals surface area contributed by atoms with Gasteiger partial charge in [-0.25, -0.2) is 18.1 Å². The molecule has 0 spiro atoms. The number of methoxy groups -OCH3 is 1. The van der Waals surface area contributed by atoms with Gasteiger partial charge < -0.3 is 4.74 Å². The molecule has 0 aliphatic rings. The molecular weight excluding hydrogens is 382 g/mol. The molecule has 2 heterocycles. The molecule has 1 aromatic carbocycles. The third kappa shape index (κ3) is 4.16. The van der Waals surface area contributed by atoms with Gasteiger partial charge >= 0.3 is 0 Å². The smallest absolute Gasteiger partial charge is 0.244 e. The van der Waals surface area contributed by atoms with Gasteiger partial charge in [-0.3, -0.25) is 4.98 Å². The zero-order chi connectivity index (χ0) is 17.9. The summed E-state index contributed by atoms with van der Waals surface area (Å²) in [5, 5.41) is 2.84. The van der Waals surface area contributed by atoms with Gasteiger partial charge in [-0.05, 0) is 30.3 Å². The molecule has 25 heavy (non-hydrogen) atoms. The average molecular weight is 396 g/mol. The SMILES string of the molecule is COc1ccc(Cl)cc1S(=O)(=O)NCc1nc(-c2ccncc2)cs1. The maximum atomic E-state index is 12.5. The van der Waals surface area contributed by atoms with E-state index in [-0.39, 0.29) is 17.2 Å². The predicted molar refractivity (Wildman–Crippen MR) is 97.4 cm³/mol. The van der Waals surface area contributed by atoms with Crippen LogP contribution in [-0.4, -0.2) is 25.5 Å². The van der Waals surface area contributed by atoms with Gasteiger partial charge in [-0.1, -0.05) is 11.6 Å². The zero-order valence-corrected chi connectivity index (χ0v) is 15.5. The van der Waals surface area contributed by atoms with E-state index >= 15 is 0 Å². The minimum atomic E-state index is -3.78. The number of halogens is 1. The number of ether oxygens (including phenoxy) is 1. The number of aromatic nitrogens is 2. The Kier molecular flexibility index (Phi) is 5.33. The Bertz CT molecular complexity index is 975. The van der Waals surface area contributed by atoms with E-state index in [4.69, 9.17) is 16.3 Å². The van der Waals surface area contributed by atoms with Crippen molar-refractivity contribution in [3.63, 3.8) is 0 Å². The molecule has 0 saturated heterocycles. The van der Waals surface area contributed by atoms with Crippen molar-refractivity contribution in [1.29, 1.82) is 0 Å². The summed E-state index contributed by atoms with van der Waals surface area (Å²) in [4.78, 5) is 8.40. The molecule has 1 N–H and O–H groups in total. The van der Waals surface area contributed by atoms with E-state index in [0.29, 0.717) is 10.0 Å². The number of benzene rings is 1. The number of pyridine rings is 1. The lowest BCUT2D eigenvalue weighted by Crippen LogP contribution is -2.23. The van der Waals surface area contributed by atoms with Crippen LogP contribution in [0.15, 0.2) is 53.0 Å². The fourth-order valence-electron chi connectivity index (χ4n) is 2.14. The standard InChI is InChI=1S/C16H14ClN3O3S2/c1-23-14-3-2-12(17)8-15(14)25(21,22)19-9-16-20-13(10-24-16)11-4-6-18-7-5-11/h2-8,10,19H,9H2,1H3. The van der Waals surface area contributed by atoms with Gasteiger partial charge in [0.2, 0.25) is 10.0 Å². The van der Waals surface area contributed by atoms with E-state index < -0.39 is 10.0 Å². The first-order valence-corrected chi connectivity index (χ1v) is 9.91. The Labute approximate surface area is 154 Å². The third-order valence-corrected chi connectivity index (χ3v) is 5.86. The van der Waals surface area contributed by atoms with Crippen molar-refractivity contribution in [2.75, 3.05) is 7.11 Å². The van der Waals surface area contributed by atoms with Crippen LogP contribution in [0.5, 0.6) is 5.75 Å². The molecule has 0 saturated carbocycles. The number of sulfonamides is 1. The summed E-state index contributed by atoms with van der Waals surface area (Å²) >= 11 is 7.28. The summed E-state index contributed by atoms with van der Waals surface area (Å²) in [6.07, 6.45) is 3.37. The second kappa shape index (κ2) is 7.49. The summed E-state index contributed by atoms with van der Waals surface area (Å²) in [7, 11) is -2.38. The highest BCUT2D eigenvalue weighted by atomic mass is 35.5. The Morgan fingerprint density at radius 1 is 1.24 bits per heavy atom. The van der Waals surface area contributed by atoms with Crippen molar-refractivity contribution in [3.8, 4) is 17.0 Å². The number of hydrogen-bond acceptors (Lipinski definition) is 6. The van der Waals surface area contributed by atoms with E-state index in [1.54, 1.807) is 18.5 Å². The van der Waals surface area contributed by atoms with E-state index in [0.717, 1.165) is 11.3 Å². The van der Waals surface area contributed by atoms with Crippen molar-refractivity contribution in [3.05, 3.63) is 58.1 Å². The van der Waals surface area contributed by atoms with Crippen LogP contribution in [0.3, 0.4) is 0 Å². The molecular formula is C16H14ClN3O3S2. The highest BCUT2D eigenvalue weighted by Crippen LogP contribution is 2.27. The van der Waals surface area contributed by atoms with Crippen LogP contribution in [0.1, 0.15) is 5.01 Å². The van der Waals surface area contributed by atoms with Crippen molar-refractivity contribution in [2.24, 2.45) is 0 Å². The largest absolute Gasteiger partial charge is 0.495 e. The molecule has 0 radical (unpaired) electrons. The van der Waals surface area contributed by atoms with Crippen LogP contribution in [-0.2, 0) is 16.6 Å². The quantitative estimate of drug-likeness (QED) is 0.692. The van der Waals surface area contributed by atoms with Crippen molar-refractivity contribution < 1.29 is 13.2 Å². The van der Waals surface area contributed by atoms with Gasteiger partial charge in [0.25, 0.3) is 0 Å². The van der Waals surface area contributed by atoms with Crippen LogP contribution in [0, 0.1) is 0 Å². The maximum Gasteiger partial charge on any atom is 0.244 e. The van der Waals surface area contributed by atoms with Crippen molar-refractivity contribution in [1.82, 2.24) is 14.7 Å². The molecule has 0 bridgehead atoms. The lowest BCUT2D eigenvalue weighted by Gasteiger charge is -2.10. The molecule has 9 heteroatoms. The van der Waals surface area contributed by atoms with E-state index in [1.807, 2.05) is 17.5 Å². The van der Waals surface area contributed by atoms with Gasteiger partial charge in [0.05, 0.1) is 19.3 Å². The lowest BCUT2D eigenvalue weighted by atomic mass is 10.2. The summed E-state index contributed by atoms with van der Waals surface area (Å²) < 4.78 is 32.7. The van der Waals surface area contributed by atoms with Crippen LogP contribution in [0.4, 0.5) is 0 Å². The summed E-state index contributed by atoms with van der Waals surface area (Å²) in [6.45, 7) is 0.0771. The molecule has 130 valence electrons. The van der Waals surface area contributed by atoms with E-state index in [2.05, 4.69) is 14.7 Å². The van der Waals surface area contributed by atoms with Gasteiger partial charge in [-0.2, -0.15) is 0 Å². The minimum Gasteiger partial charge on any atom is -0.495 e. The summed E-state index contributed by atoms with van der Waals surface area (Å²) in [5.41, 5.74) is 1.71. The van der Waals surface area contributed by atoms with Crippen LogP contribution >= 0.6 is 22.9 Å². The Morgan fingerprint density at radius 2 is 2.00 bits per heavy atom. The number of thiazole rings is 1. The van der Waals surface area contributed by atoms with E-state index in [9.17, 15) is 8.42 Å². The Morgan fingerprint density at radius 3 is 2.72 bits per heavy atom. The third-order valence-electron chi connectivity index (χ3n) is 3.36. The van der Waals surface area contributed by atoms with Crippen LogP contribution in [0.25, 0.3) is 11.3 Å². The number of hydrogen-bond donors (Lipinski definition) is 1. The topological polar surface area (TPSA) is 81.2 Å². The molecule has 3 rings (SSSR count). The van der Waals surface area contributed by atoms with Gasteiger partial charge in [-0.15, -0.1) is 11.3 Å². The fourth-order valence-corrected chi connectivity index (χ4v) is 4.39. The molecule has 0 atom stereocenters. The predicted octanol–water partition coefficient (Wildman–Crippen LogP) is 3.35. The van der Waals surface area contributed by atoms with E-state index in [1.165, 1.54) is 30.6 Å². The fraction of sp³-hybridized carbons (Fsp3) is 0.125. The molecule has 0 aliphatic heterocycles. The number of rotatable bonds is 6. The number of nitrogens with one attached hydrogen (secondary N) is 1. The Balaban J connectivity index is 1.77. The average Bonchev–Trinajstić information content (AvgIpc) is 3.10. The second-order valence-electron chi connectivity index (χ2n) is 4.98. The van der Waals surface area contributed by atoms with Gasteiger partial charge in [0.15, 0.2) is 0 Å². The minimum absolute atomic E-state index is 0.00610. The first-order valence-electron chi connectivity index (χ1n) is 7.17. The van der Waals surface area contributed by atoms with Gasteiger partial charge in [0.1, 0.15) is 15.7 Å². The molecule has 0 unspecified atom stereocenters. The first-order chi connectivity index (χ1) is 12.0. The van der Waals surface area contributed by atoms with Crippen molar-refractivity contribution >= 4 is 33.0 Å². The normalized spacial score (nSPS) is 11.4. The molecule has 0 amide bonds. The first kappa shape index (κ1) is 17.8. The zero-order valence-electron chi connectivity index (χ0n) is 13.1. The molecule has 0 aliphatic carbocycles. The Hall–Kier alpha value is -2.00. The second-order valence-corrected chi connectivity index (χ2v) is 8.10. The lowest BCUT2D eigenvalue weighted by molar-refractivity contribution is 0.402. The number of nitrogens with zero attached hydrogens (tertiary/aromatic N) is 2. The monoisotopic (exact) mass is 395 g/mol. The van der Waals surface area contributed by atoms with Crippen LogP contribution in [0.2, 0.25) is 5.02 Å². The maximum absolute atomic E-state index is 12.5. The molecule has 6 nitrogen and oxygen atoms in total. The van der Waals surface area contributed by atoms with Gasteiger partial charge in [0, 0.05) is 28.4 Å².